The Morgan fingerprint density at radius 3 is 2.67 bits per heavy atom. The van der Waals surface area contributed by atoms with E-state index < -0.39 is 0 Å². The van der Waals surface area contributed by atoms with Gasteiger partial charge in [-0.15, -0.1) is 0 Å². The third-order valence-corrected chi connectivity index (χ3v) is 4.54. The van der Waals surface area contributed by atoms with Gasteiger partial charge in [-0.3, -0.25) is 0 Å². The van der Waals surface area contributed by atoms with Crippen molar-refractivity contribution in [3.8, 4) is 5.75 Å². The first-order valence-corrected chi connectivity index (χ1v) is 7.82. The van der Waals surface area contributed by atoms with Crippen molar-refractivity contribution in [1.82, 2.24) is 5.32 Å². The fraction of sp³-hybridized carbons (Fsp3) is 0.368. The highest BCUT2D eigenvalue weighted by molar-refractivity contribution is 5.44. The van der Waals surface area contributed by atoms with Gasteiger partial charge in [0.05, 0.1) is 0 Å². The van der Waals surface area contributed by atoms with Gasteiger partial charge >= 0.3 is 0 Å². The van der Waals surface area contributed by atoms with E-state index in [1.807, 2.05) is 6.07 Å². The van der Waals surface area contributed by atoms with Crippen LogP contribution in [-0.4, -0.2) is 5.11 Å². The Labute approximate surface area is 126 Å². The number of aromatic hydroxyl groups is 1. The van der Waals surface area contributed by atoms with E-state index in [1.165, 1.54) is 16.7 Å². The maximum absolute atomic E-state index is 9.96. The smallest absolute Gasteiger partial charge is 0.119 e. The molecule has 21 heavy (non-hydrogen) atoms. The van der Waals surface area contributed by atoms with Gasteiger partial charge in [-0.05, 0) is 48.9 Å². The number of rotatable bonds is 4. The van der Waals surface area contributed by atoms with E-state index in [2.05, 4.69) is 49.5 Å². The lowest BCUT2D eigenvalue weighted by atomic mass is 10.0. The van der Waals surface area contributed by atoms with Gasteiger partial charge in [0.15, 0.2) is 0 Å². The van der Waals surface area contributed by atoms with E-state index in [9.17, 15) is 5.11 Å². The number of hydrogen-bond acceptors (Lipinski definition) is 2. The van der Waals surface area contributed by atoms with E-state index in [1.54, 1.807) is 6.07 Å². The van der Waals surface area contributed by atoms with Crippen LogP contribution >= 0.6 is 0 Å². The summed E-state index contributed by atoms with van der Waals surface area (Å²) in [5, 5.41) is 13.7. The third kappa shape index (κ3) is 2.81. The molecule has 3 rings (SSSR count). The molecule has 0 bridgehead atoms. The summed E-state index contributed by atoms with van der Waals surface area (Å²) in [5.74, 6) is 0.445. The van der Waals surface area contributed by atoms with E-state index in [-0.39, 0.29) is 0 Å². The highest BCUT2D eigenvalue weighted by Gasteiger charge is 2.26. The number of aryl methyl sites for hydroxylation is 1. The first-order valence-electron chi connectivity index (χ1n) is 7.82. The Morgan fingerprint density at radius 2 is 1.95 bits per heavy atom. The number of fused-ring (bicyclic) bond motifs is 1. The van der Waals surface area contributed by atoms with Crippen LogP contribution in [0.25, 0.3) is 0 Å². The van der Waals surface area contributed by atoms with Gasteiger partial charge in [-0.1, -0.05) is 48.9 Å². The van der Waals surface area contributed by atoms with Crippen molar-refractivity contribution in [2.24, 2.45) is 0 Å². The highest BCUT2D eigenvalue weighted by Crippen LogP contribution is 2.37. The molecule has 0 heterocycles. The molecule has 2 aromatic carbocycles. The van der Waals surface area contributed by atoms with Crippen molar-refractivity contribution < 1.29 is 5.11 Å². The minimum atomic E-state index is 0.346. The lowest BCUT2D eigenvalue weighted by Crippen LogP contribution is -2.24. The predicted octanol–water partition coefficient (Wildman–Crippen LogP) is 4.43. The minimum absolute atomic E-state index is 0.346. The molecular formula is C19H23NO. The zero-order valence-electron chi connectivity index (χ0n) is 12.8. The highest BCUT2D eigenvalue weighted by atomic mass is 16.3. The Bertz CT molecular complexity index is 618. The maximum Gasteiger partial charge on any atom is 0.119 e. The van der Waals surface area contributed by atoms with Crippen LogP contribution in [0.2, 0.25) is 0 Å². The van der Waals surface area contributed by atoms with Gasteiger partial charge in [0.1, 0.15) is 5.75 Å². The van der Waals surface area contributed by atoms with E-state index in [0.717, 1.165) is 24.8 Å². The molecule has 0 radical (unpaired) electrons. The van der Waals surface area contributed by atoms with Crippen LogP contribution in [0.15, 0.2) is 42.5 Å². The first-order chi connectivity index (χ1) is 10.2. The van der Waals surface area contributed by atoms with Crippen LogP contribution in [0.3, 0.4) is 0 Å². The largest absolute Gasteiger partial charge is 0.508 e. The topological polar surface area (TPSA) is 32.3 Å². The molecule has 0 amide bonds. The molecule has 2 unspecified atom stereocenters. The van der Waals surface area contributed by atoms with Crippen molar-refractivity contribution in [3.63, 3.8) is 0 Å². The monoisotopic (exact) mass is 281 g/mol. The minimum Gasteiger partial charge on any atom is -0.508 e. The number of phenolic OH excluding ortho intramolecular Hbond substituents is 1. The summed E-state index contributed by atoms with van der Waals surface area (Å²) in [6.07, 6.45) is 3.09. The molecule has 110 valence electrons. The maximum atomic E-state index is 9.96. The van der Waals surface area contributed by atoms with Crippen LogP contribution in [-0.2, 0) is 6.42 Å². The van der Waals surface area contributed by atoms with Gasteiger partial charge in [0.25, 0.3) is 0 Å². The zero-order valence-corrected chi connectivity index (χ0v) is 12.8. The molecular weight excluding hydrogens is 258 g/mol. The average molecular weight is 281 g/mol. The molecule has 0 fully saturated rings. The number of hydrogen-bond donors (Lipinski definition) is 2. The Kier molecular flexibility index (Phi) is 3.98. The second-order valence-corrected chi connectivity index (χ2v) is 5.97. The molecule has 1 aliphatic rings. The van der Waals surface area contributed by atoms with Crippen LogP contribution in [0.5, 0.6) is 5.75 Å². The molecule has 1 aliphatic carbocycles. The van der Waals surface area contributed by atoms with Gasteiger partial charge in [0, 0.05) is 12.1 Å². The second-order valence-electron chi connectivity index (χ2n) is 5.97. The van der Waals surface area contributed by atoms with E-state index in [4.69, 9.17) is 0 Å². The molecule has 0 saturated heterocycles. The summed E-state index contributed by atoms with van der Waals surface area (Å²) in [6.45, 7) is 4.34. The summed E-state index contributed by atoms with van der Waals surface area (Å²) in [4.78, 5) is 0. The molecule has 2 heteroatoms. The Morgan fingerprint density at radius 1 is 1.19 bits per heavy atom. The predicted molar refractivity (Wildman–Crippen MR) is 86.5 cm³/mol. The quantitative estimate of drug-likeness (QED) is 0.869. The van der Waals surface area contributed by atoms with Gasteiger partial charge in [-0.2, -0.15) is 0 Å². The van der Waals surface area contributed by atoms with Crippen molar-refractivity contribution in [2.75, 3.05) is 0 Å². The normalized spacial score (nSPS) is 18.5. The summed E-state index contributed by atoms with van der Waals surface area (Å²) in [5.41, 5.74) is 5.02. The van der Waals surface area contributed by atoms with Crippen molar-refractivity contribution in [2.45, 2.75) is 45.2 Å². The Hall–Kier alpha value is -1.80. The van der Waals surface area contributed by atoms with Gasteiger partial charge < -0.3 is 10.4 Å². The van der Waals surface area contributed by atoms with Crippen LogP contribution in [0, 0.1) is 6.92 Å². The average Bonchev–Trinajstić information content (AvgIpc) is 2.90. The second kappa shape index (κ2) is 5.90. The molecule has 0 aromatic heterocycles. The van der Waals surface area contributed by atoms with Crippen molar-refractivity contribution in [3.05, 3.63) is 64.7 Å². The Balaban J connectivity index is 1.80. The fourth-order valence-electron chi connectivity index (χ4n) is 3.30. The number of benzene rings is 2. The van der Waals surface area contributed by atoms with E-state index >= 15 is 0 Å². The molecule has 2 N–H and O–H groups in total. The molecule has 2 nitrogen and oxygen atoms in total. The van der Waals surface area contributed by atoms with Crippen molar-refractivity contribution >= 4 is 0 Å². The summed E-state index contributed by atoms with van der Waals surface area (Å²) in [6, 6.07) is 15.4. The zero-order chi connectivity index (χ0) is 14.8. The lowest BCUT2D eigenvalue weighted by Gasteiger charge is -2.23. The molecule has 2 aromatic rings. The third-order valence-electron chi connectivity index (χ3n) is 4.54. The van der Waals surface area contributed by atoms with Crippen LogP contribution in [0.4, 0.5) is 0 Å². The lowest BCUT2D eigenvalue weighted by molar-refractivity contribution is 0.433. The molecule has 0 aliphatic heterocycles. The fourth-order valence-corrected chi connectivity index (χ4v) is 3.30. The van der Waals surface area contributed by atoms with Gasteiger partial charge in [-0.25, -0.2) is 0 Å². The number of nitrogens with one attached hydrogen (secondary N) is 1. The molecule has 0 spiro atoms. The first kappa shape index (κ1) is 14.2. The van der Waals surface area contributed by atoms with Crippen molar-refractivity contribution in [1.29, 1.82) is 0 Å². The van der Waals surface area contributed by atoms with Crippen LogP contribution in [0.1, 0.15) is 54.1 Å². The summed E-state index contributed by atoms with van der Waals surface area (Å²) in [7, 11) is 0. The molecule has 0 saturated carbocycles. The SMILES string of the molecule is CCC(NC1CCc2c(O)cccc21)c1ccc(C)cc1. The number of phenols is 1. The van der Waals surface area contributed by atoms with Gasteiger partial charge in [0.2, 0.25) is 0 Å². The van der Waals surface area contributed by atoms with Crippen LogP contribution < -0.4 is 5.32 Å². The summed E-state index contributed by atoms with van der Waals surface area (Å²) < 4.78 is 0. The molecule has 2 atom stereocenters. The summed E-state index contributed by atoms with van der Waals surface area (Å²) >= 11 is 0. The van der Waals surface area contributed by atoms with E-state index in [0.29, 0.717) is 17.8 Å². The standard InChI is InChI=1S/C19H23NO/c1-3-17(14-9-7-13(2)8-10-14)20-18-12-11-16-15(18)5-4-6-19(16)21/h4-10,17-18,20-21H,3,11-12H2,1-2H3.